The maximum absolute atomic E-state index is 10.9. The van der Waals surface area contributed by atoms with Crippen LogP contribution in [0.5, 0.6) is 0 Å². The highest BCUT2D eigenvalue weighted by atomic mass is 32.1. The lowest BCUT2D eigenvalue weighted by Crippen LogP contribution is -1.89. The molecule has 0 atom stereocenters. The smallest absolute Gasteiger partial charge is 0.345 e. The molecule has 2 rings (SSSR count). The minimum absolute atomic E-state index is 0.275. The van der Waals surface area contributed by atoms with Gasteiger partial charge in [0, 0.05) is 0 Å². The molecule has 17 heavy (non-hydrogen) atoms. The first-order valence-corrected chi connectivity index (χ1v) is 6.05. The van der Waals surface area contributed by atoms with E-state index < -0.39 is 5.97 Å². The molecular formula is C13H11NO2S. The van der Waals surface area contributed by atoms with Crippen LogP contribution < -0.4 is 0 Å². The molecule has 1 aromatic carbocycles. The van der Waals surface area contributed by atoms with Crippen molar-refractivity contribution in [2.24, 2.45) is 0 Å². The Kier molecular flexibility index (Phi) is 2.86. The summed E-state index contributed by atoms with van der Waals surface area (Å²) >= 11 is 1.15. The molecule has 0 bridgehead atoms. The van der Waals surface area contributed by atoms with E-state index in [0.717, 1.165) is 27.0 Å². The molecule has 0 aliphatic carbocycles. The zero-order valence-electron chi connectivity index (χ0n) is 9.52. The van der Waals surface area contributed by atoms with Crippen molar-refractivity contribution >= 4 is 27.4 Å². The van der Waals surface area contributed by atoms with Crippen molar-refractivity contribution in [3.05, 3.63) is 34.2 Å². The van der Waals surface area contributed by atoms with E-state index in [0.29, 0.717) is 11.5 Å². The molecule has 0 fully saturated rings. The molecule has 0 aliphatic rings. The largest absolute Gasteiger partial charge is 0.477 e. The number of benzene rings is 1. The van der Waals surface area contributed by atoms with Gasteiger partial charge in [-0.05, 0) is 35.1 Å². The van der Waals surface area contributed by atoms with Crippen LogP contribution in [0, 0.1) is 11.3 Å². The van der Waals surface area contributed by atoms with E-state index in [4.69, 9.17) is 10.4 Å². The standard InChI is InChI=1S/C13H11NO2S/c1-7(2)8-3-9-5-11(13(15)16)17-12(9)10(4-8)6-14/h3-5,7H,1-2H3,(H,15,16). The SMILES string of the molecule is CC(C)c1cc(C#N)c2sc(C(=O)O)cc2c1. The molecule has 0 amide bonds. The second kappa shape index (κ2) is 4.19. The zero-order valence-corrected chi connectivity index (χ0v) is 10.3. The minimum atomic E-state index is -0.943. The number of hydrogen-bond donors (Lipinski definition) is 1. The Morgan fingerprint density at radius 1 is 1.41 bits per heavy atom. The summed E-state index contributed by atoms with van der Waals surface area (Å²) in [4.78, 5) is 11.2. The summed E-state index contributed by atoms with van der Waals surface area (Å²) in [5.74, 6) is -0.624. The number of fused-ring (bicyclic) bond motifs is 1. The van der Waals surface area contributed by atoms with Crippen LogP contribution in [0.25, 0.3) is 10.1 Å². The third-order valence-corrected chi connectivity index (χ3v) is 3.81. The topological polar surface area (TPSA) is 61.1 Å². The molecule has 1 N–H and O–H groups in total. The van der Waals surface area contributed by atoms with Gasteiger partial charge in [0.25, 0.3) is 0 Å². The fraction of sp³-hybridized carbons (Fsp3) is 0.231. The van der Waals surface area contributed by atoms with Gasteiger partial charge in [-0.2, -0.15) is 5.26 Å². The average Bonchev–Trinajstić information content (AvgIpc) is 2.71. The summed E-state index contributed by atoms with van der Waals surface area (Å²) in [5.41, 5.74) is 1.62. The summed E-state index contributed by atoms with van der Waals surface area (Å²) < 4.78 is 0.759. The van der Waals surface area contributed by atoms with Crippen molar-refractivity contribution in [3.8, 4) is 6.07 Å². The van der Waals surface area contributed by atoms with E-state index in [1.165, 1.54) is 0 Å². The number of aromatic carboxylic acids is 1. The molecule has 1 aromatic heterocycles. The fourth-order valence-electron chi connectivity index (χ4n) is 1.70. The highest BCUT2D eigenvalue weighted by Crippen LogP contribution is 2.31. The summed E-state index contributed by atoms with van der Waals surface area (Å²) in [6, 6.07) is 7.57. The Hall–Kier alpha value is -1.86. The first-order valence-electron chi connectivity index (χ1n) is 5.24. The molecule has 0 aliphatic heterocycles. The maximum Gasteiger partial charge on any atom is 0.345 e. The van der Waals surface area contributed by atoms with Gasteiger partial charge in [-0.25, -0.2) is 4.79 Å². The van der Waals surface area contributed by atoms with Gasteiger partial charge in [0.15, 0.2) is 0 Å². The number of rotatable bonds is 2. The van der Waals surface area contributed by atoms with Crippen LogP contribution in [0.1, 0.15) is 40.6 Å². The third-order valence-electron chi connectivity index (χ3n) is 2.64. The molecule has 86 valence electrons. The van der Waals surface area contributed by atoms with Crippen molar-refractivity contribution in [2.45, 2.75) is 19.8 Å². The van der Waals surface area contributed by atoms with Crippen LogP contribution in [-0.4, -0.2) is 11.1 Å². The number of carboxylic acid groups (broad SMARTS) is 1. The van der Waals surface area contributed by atoms with E-state index >= 15 is 0 Å². The normalized spacial score (nSPS) is 10.7. The highest BCUT2D eigenvalue weighted by molar-refractivity contribution is 7.21. The Balaban J connectivity index is 2.75. The van der Waals surface area contributed by atoms with Crippen LogP contribution in [0.4, 0.5) is 0 Å². The Morgan fingerprint density at radius 2 is 2.12 bits per heavy atom. The first kappa shape index (κ1) is 11.6. The van der Waals surface area contributed by atoms with Crippen LogP contribution in [0.15, 0.2) is 18.2 Å². The number of hydrogen-bond acceptors (Lipinski definition) is 3. The second-order valence-electron chi connectivity index (χ2n) is 4.17. The molecule has 1 heterocycles. The van der Waals surface area contributed by atoms with Gasteiger partial charge in [-0.3, -0.25) is 0 Å². The lowest BCUT2D eigenvalue weighted by atomic mass is 9.99. The lowest BCUT2D eigenvalue weighted by Gasteiger charge is -2.05. The second-order valence-corrected chi connectivity index (χ2v) is 5.22. The van der Waals surface area contributed by atoms with Crippen LogP contribution in [0.2, 0.25) is 0 Å². The molecular weight excluding hydrogens is 234 g/mol. The Morgan fingerprint density at radius 3 is 2.65 bits per heavy atom. The quantitative estimate of drug-likeness (QED) is 0.879. The van der Waals surface area contributed by atoms with E-state index in [2.05, 4.69) is 6.07 Å². The Labute approximate surface area is 103 Å². The molecule has 0 saturated carbocycles. The molecule has 0 saturated heterocycles. The van der Waals surface area contributed by atoms with Crippen molar-refractivity contribution < 1.29 is 9.90 Å². The molecule has 0 unspecified atom stereocenters. The molecule has 3 nitrogen and oxygen atoms in total. The number of nitriles is 1. The first-order chi connectivity index (χ1) is 8.02. The van der Waals surface area contributed by atoms with Gasteiger partial charge in [0.2, 0.25) is 0 Å². The fourth-order valence-corrected chi connectivity index (χ4v) is 2.64. The summed E-state index contributed by atoms with van der Waals surface area (Å²) in [7, 11) is 0. The molecule has 0 spiro atoms. The van der Waals surface area contributed by atoms with Crippen molar-refractivity contribution in [1.82, 2.24) is 0 Å². The zero-order chi connectivity index (χ0) is 12.6. The maximum atomic E-state index is 10.9. The average molecular weight is 245 g/mol. The van der Waals surface area contributed by atoms with E-state index in [9.17, 15) is 4.79 Å². The molecule has 0 radical (unpaired) electrons. The summed E-state index contributed by atoms with van der Waals surface area (Å²) in [5, 5.41) is 18.9. The van der Waals surface area contributed by atoms with Crippen molar-refractivity contribution in [1.29, 1.82) is 5.26 Å². The van der Waals surface area contributed by atoms with Gasteiger partial charge in [-0.15, -0.1) is 11.3 Å². The van der Waals surface area contributed by atoms with Gasteiger partial charge in [0.05, 0.1) is 10.3 Å². The van der Waals surface area contributed by atoms with Gasteiger partial charge in [-0.1, -0.05) is 13.8 Å². The van der Waals surface area contributed by atoms with Gasteiger partial charge >= 0.3 is 5.97 Å². The summed E-state index contributed by atoms with van der Waals surface area (Å²) in [6.45, 7) is 4.10. The van der Waals surface area contributed by atoms with Crippen molar-refractivity contribution in [2.75, 3.05) is 0 Å². The van der Waals surface area contributed by atoms with E-state index in [-0.39, 0.29) is 4.88 Å². The van der Waals surface area contributed by atoms with E-state index in [1.54, 1.807) is 6.07 Å². The summed E-state index contributed by atoms with van der Waals surface area (Å²) in [6.07, 6.45) is 0. The predicted molar refractivity (Wildman–Crippen MR) is 67.6 cm³/mol. The monoisotopic (exact) mass is 245 g/mol. The minimum Gasteiger partial charge on any atom is -0.477 e. The molecule has 2 aromatic rings. The third kappa shape index (κ3) is 2.02. The number of carboxylic acids is 1. The number of carbonyl (C=O) groups is 1. The Bertz CT molecular complexity index is 635. The van der Waals surface area contributed by atoms with Gasteiger partial charge in [0.1, 0.15) is 10.9 Å². The number of nitrogens with zero attached hydrogens (tertiary/aromatic N) is 1. The predicted octanol–water partition coefficient (Wildman–Crippen LogP) is 3.59. The van der Waals surface area contributed by atoms with Crippen LogP contribution >= 0.6 is 11.3 Å². The van der Waals surface area contributed by atoms with Crippen LogP contribution in [0.3, 0.4) is 0 Å². The van der Waals surface area contributed by atoms with Crippen molar-refractivity contribution in [3.63, 3.8) is 0 Å². The van der Waals surface area contributed by atoms with E-state index in [1.807, 2.05) is 26.0 Å². The highest BCUT2D eigenvalue weighted by Gasteiger charge is 2.13. The van der Waals surface area contributed by atoms with Crippen LogP contribution in [-0.2, 0) is 0 Å². The van der Waals surface area contributed by atoms with Gasteiger partial charge < -0.3 is 5.11 Å². The lowest BCUT2D eigenvalue weighted by molar-refractivity contribution is 0.0702. The molecule has 4 heteroatoms. The number of thiophene rings is 1.